The molecule has 0 fully saturated rings. The average Bonchev–Trinajstić information content (AvgIpc) is 3.54. The van der Waals surface area contributed by atoms with Gasteiger partial charge in [0.15, 0.2) is 17.4 Å². The van der Waals surface area contributed by atoms with Crippen LogP contribution < -0.4 is 9.47 Å². The summed E-state index contributed by atoms with van der Waals surface area (Å²) in [6.07, 6.45) is 0. The fourth-order valence-electron chi connectivity index (χ4n) is 3.73. The number of thiophene rings is 1. The maximum absolute atomic E-state index is 13.4. The molecule has 0 radical (unpaired) electrons. The Morgan fingerprint density at radius 2 is 1.64 bits per heavy atom. The van der Waals surface area contributed by atoms with Crippen molar-refractivity contribution in [3.05, 3.63) is 97.6 Å². The maximum Gasteiger partial charge on any atom is 0.195 e. The molecule has 0 spiro atoms. The molecule has 2 aromatic heterocycles. The summed E-state index contributed by atoms with van der Waals surface area (Å²) in [6, 6.07) is 12.6. The third-order valence-corrected chi connectivity index (χ3v) is 6.89. The Morgan fingerprint density at radius 1 is 0.879 bits per heavy atom. The molecule has 0 atom stereocenters. The molecular weight excluding hydrogens is 464 g/mol. The van der Waals surface area contributed by atoms with Gasteiger partial charge < -0.3 is 9.47 Å². The summed E-state index contributed by atoms with van der Waals surface area (Å²) < 4.78 is 37.5. The summed E-state index contributed by atoms with van der Waals surface area (Å²) in [5.41, 5.74) is 5.53. The van der Waals surface area contributed by atoms with Gasteiger partial charge >= 0.3 is 0 Å². The van der Waals surface area contributed by atoms with Crippen molar-refractivity contribution < 1.29 is 23.0 Å². The lowest BCUT2D eigenvalue weighted by atomic mass is 10.0. The van der Waals surface area contributed by atoms with E-state index in [9.17, 15) is 13.6 Å². The molecule has 4 aromatic rings. The quantitative estimate of drug-likeness (QED) is 0.287. The Balaban J connectivity index is 1.36. The first-order valence-corrected chi connectivity index (χ1v) is 11.9. The van der Waals surface area contributed by atoms with Crippen LogP contribution in [0.15, 0.2) is 59.4 Å². The van der Waals surface area contributed by atoms with Crippen molar-refractivity contribution in [2.45, 2.75) is 6.92 Å². The van der Waals surface area contributed by atoms with Crippen molar-refractivity contribution in [1.29, 1.82) is 0 Å². The second kappa shape index (κ2) is 8.88. The van der Waals surface area contributed by atoms with Gasteiger partial charge in [-0.1, -0.05) is 6.07 Å². The van der Waals surface area contributed by atoms with Gasteiger partial charge in [0.1, 0.15) is 24.7 Å². The molecule has 0 bridgehead atoms. The van der Waals surface area contributed by atoms with Crippen molar-refractivity contribution in [3.63, 3.8) is 0 Å². The summed E-state index contributed by atoms with van der Waals surface area (Å²) in [5, 5.41) is 1.95. The number of halogens is 2. The molecule has 0 saturated carbocycles. The lowest BCUT2D eigenvalue weighted by molar-refractivity contribution is 0.105. The smallest absolute Gasteiger partial charge is 0.195 e. The van der Waals surface area contributed by atoms with E-state index in [2.05, 4.69) is 4.98 Å². The minimum absolute atomic E-state index is 0.0571. The summed E-state index contributed by atoms with van der Waals surface area (Å²) in [6.45, 7) is 2.31. The number of Topliss-reactive ketones (excluding diaryl/α,β-unsaturated/α-hetero) is 1. The SMILES string of the molecule is Cc1scnc1C1=C(c2cccs2)C(=O)c2cc(OCCOc3ccc(F)c(F)c3)ccc21. The van der Waals surface area contributed by atoms with Crippen LogP contribution in [0.3, 0.4) is 0 Å². The number of thiazole rings is 1. The third-order valence-electron chi connectivity index (χ3n) is 5.24. The van der Waals surface area contributed by atoms with Gasteiger partial charge in [0.25, 0.3) is 0 Å². The molecule has 0 saturated heterocycles. The number of carbonyl (C=O) groups is 1. The van der Waals surface area contributed by atoms with Crippen molar-refractivity contribution in [2.75, 3.05) is 13.2 Å². The number of aromatic nitrogens is 1. The second-order valence-electron chi connectivity index (χ2n) is 7.29. The van der Waals surface area contributed by atoms with Crippen molar-refractivity contribution in [1.82, 2.24) is 4.98 Å². The van der Waals surface area contributed by atoms with Crippen LogP contribution in [-0.4, -0.2) is 24.0 Å². The number of nitrogens with zero attached hydrogens (tertiary/aromatic N) is 1. The highest BCUT2D eigenvalue weighted by atomic mass is 32.1. The fraction of sp³-hybridized carbons (Fsp3) is 0.120. The average molecular weight is 482 g/mol. The van der Waals surface area contributed by atoms with E-state index in [4.69, 9.17) is 9.47 Å². The molecule has 0 unspecified atom stereocenters. The van der Waals surface area contributed by atoms with E-state index in [1.165, 1.54) is 17.4 Å². The Labute approximate surface area is 196 Å². The molecule has 2 aromatic carbocycles. The van der Waals surface area contributed by atoms with E-state index in [1.54, 1.807) is 22.9 Å². The molecule has 5 rings (SSSR count). The molecule has 2 heterocycles. The molecule has 0 amide bonds. The number of carbonyl (C=O) groups excluding carboxylic acids is 1. The van der Waals surface area contributed by atoms with Crippen molar-refractivity contribution in [3.8, 4) is 11.5 Å². The van der Waals surface area contributed by atoms with Gasteiger partial charge in [0.2, 0.25) is 0 Å². The van der Waals surface area contributed by atoms with Crippen LogP contribution in [0.1, 0.15) is 31.4 Å². The van der Waals surface area contributed by atoms with E-state index < -0.39 is 11.6 Å². The number of allylic oxidation sites excluding steroid dienone is 1. The normalized spacial score (nSPS) is 12.9. The first-order chi connectivity index (χ1) is 16.0. The predicted octanol–water partition coefficient (Wildman–Crippen LogP) is 6.40. The number of aryl methyl sites for hydroxylation is 1. The summed E-state index contributed by atoms with van der Waals surface area (Å²) >= 11 is 3.07. The molecule has 0 N–H and O–H groups in total. The minimum atomic E-state index is -0.967. The Kier molecular flexibility index (Phi) is 5.78. The molecule has 166 valence electrons. The predicted molar refractivity (Wildman–Crippen MR) is 125 cm³/mol. The van der Waals surface area contributed by atoms with Gasteiger partial charge in [0.05, 0.1) is 11.2 Å². The number of ketones is 1. The molecule has 8 heteroatoms. The van der Waals surface area contributed by atoms with E-state index in [0.29, 0.717) is 16.9 Å². The first-order valence-electron chi connectivity index (χ1n) is 10.1. The van der Waals surface area contributed by atoms with E-state index in [1.807, 2.05) is 36.6 Å². The summed E-state index contributed by atoms with van der Waals surface area (Å²) in [7, 11) is 0. The summed E-state index contributed by atoms with van der Waals surface area (Å²) in [5.74, 6) is -1.21. The van der Waals surface area contributed by atoms with Crippen LogP contribution in [0.25, 0.3) is 11.1 Å². The Hall–Kier alpha value is -3.36. The zero-order valence-corrected chi connectivity index (χ0v) is 19.1. The zero-order valence-electron chi connectivity index (χ0n) is 17.4. The highest BCUT2D eigenvalue weighted by Gasteiger charge is 2.33. The van der Waals surface area contributed by atoms with Gasteiger partial charge in [-0.3, -0.25) is 4.79 Å². The maximum atomic E-state index is 13.4. The van der Waals surface area contributed by atoms with Gasteiger partial charge in [-0.25, -0.2) is 13.8 Å². The largest absolute Gasteiger partial charge is 0.490 e. The number of fused-ring (bicyclic) bond motifs is 1. The molecular formula is C25H17F2NO3S2. The highest BCUT2D eigenvalue weighted by Crippen LogP contribution is 2.45. The Bertz CT molecular complexity index is 1380. The molecule has 1 aliphatic carbocycles. The van der Waals surface area contributed by atoms with E-state index in [0.717, 1.165) is 38.7 Å². The minimum Gasteiger partial charge on any atom is -0.490 e. The number of benzene rings is 2. The lowest BCUT2D eigenvalue weighted by Crippen LogP contribution is -2.09. The van der Waals surface area contributed by atoms with Crippen LogP contribution in [0, 0.1) is 18.6 Å². The molecule has 0 aliphatic heterocycles. The summed E-state index contributed by atoms with van der Waals surface area (Å²) in [4.78, 5) is 19.9. The number of hydrogen-bond acceptors (Lipinski definition) is 6. The van der Waals surface area contributed by atoms with Gasteiger partial charge in [-0.15, -0.1) is 22.7 Å². The number of hydrogen-bond donors (Lipinski definition) is 0. The topological polar surface area (TPSA) is 48.4 Å². The van der Waals surface area contributed by atoms with E-state index >= 15 is 0 Å². The van der Waals surface area contributed by atoms with Crippen LogP contribution >= 0.6 is 22.7 Å². The van der Waals surface area contributed by atoms with Crippen LogP contribution in [-0.2, 0) is 0 Å². The standard InChI is InChI=1S/C25H17F2NO3S2/c1-14-24(28-13-33-14)22-17-6-4-15(11-18(17)25(29)23(22)21-3-2-10-32-21)30-8-9-31-16-5-7-19(26)20(27)12-16/h2-7,10-13H,8-9H2,1H3. The van der Waals surface area contributed by atoms with E-state index in [-0.39, 0.29) is 24.7 Å². The molecule has 1 aliphatic rings. The monoisotopic (exact) mass is 481 g/mol. The van der Waals surface area contributed by atoms with Gasteiger partial charge in [0, 0.05) is 32.5 Å². The van der Waals surface area contributed by atoms with Crippen LogP contribution in [0.4, 0.5) is 8.78 Å². The first kappa shape index (κ1) is 21.5. The third kappa shape index (κ3) is 4.07. The van der Waals surface area contributed by atoms with Gasteiger partial charge in [-0.05, 0) is 54.3 Å². The highest BCUT2D eigenvalue weighted by molar-refractivity contribution is 7.12. The van der Waals surface area contributed by atoms with Crippen LogP contribution in [0.5, 0.6) is 11.5 Å². The van der Waals surface area contributed by atoms with Gasteiger partial charge in [-0.2, -0.15) is 0 Å². The zero-order chi connectivity index (χ0) is 22.9. The molecule has 33 heavy (non-hydrogen) atoms. The lowest BCUT2D eigenvalue weighted by Gasteiger charge is -2.10. The number of ether oxygens (including phenoxy) is 2. The Morgan fingerprint density at radius 3 is 2.30 bits per heavy atom. The second-order valence-corrected chi connectivity index (χ2v) is 9.30. The van der Waals surface area contributed by atoms with Crippen LogP contribution in [0.2, 0.25) is 0 Å². The van der Waals surface area contributed by atoms with Crippen molar-refractivity contribution >= 4 is 39.6 Å². The number of rotatable bonds is 7. The fourth-order valence-corrected chi connectivity index (χ4v) is 5.09. The van der Waals surface area contributed by atoms with Crippen molar-refractivity contribution in [2.24, 2.45) is 0 Å². The molecule has 4 nitrogen and oxygen atoms in total.